The van der Waals surface area contributed by atoms with Crippen LogP contribution in [0.3, 0.4) is 0 Å². The van der Waals surface area contributed by atoms with Gasteiger partial charge in [-0.1, -0.05) is 36.2 Å². The second-order valence-corrected chi connectivity index (χ2v) is 5.75. The fourth-order valence-electron chi connectivity index (χ4n) is 2.27. The van der Waals surface area contributed by atoms with Gasteiger partial charge in [-0.3, -0.25) is 11.3 Å². The van der Waals surface area contributed by atoms with E-state index in [9.17, 15) is 0 Å². The third kappa shape index (κ3) is 3.35. The molecule has 1 aliphatic rings. The Morgan fingerprint density at radius 2 is 2.12 bits per heavy atom. The lowest BCUT2D eigenvalue weighted by Gasteiger charge is -2.23. The first kappa shape index (κ1) is 13.2. The maximum Gasteiger partial charge on any atom is 0.0453 e. The summed E-state index contributed by atoms with van der Waals surface area (Å²) in [6.45, 7) is 2.26. The predicted molar refractivity (Wildman–Crippen MR) is 73.2 cm³/mol. The molecule has 2 nitrogen and oxygen atoms in total. The van der Waals surface area contributed by atoms with Gasteiger partial charge in [-0.2, -0.15) is 0 Å². The largest absolute Gasteiger partial charge is 0.271 e. The van der Waals surface area contributed by atoms with Gasteiger partial charge in [-0.05, 0) is 48.8 Å². The lowest BCUT2D eigenvalue weighted by Crippen LogP contribution is -2.42. The van der Waals surface area contributed by atoms with E-state index >= 15 is 0 Å². The molecule has 0 aromatic heterocycles. The summed E-state index contributed by atoms with van der Waals surface area (Å²) < 4.78 is 0. The second-order valence-electron chi connectivity index (χ2n) is 4.91. The number of nitrogens with one attached hydrogen (secondary N) is 1. The Morgan fingerprint density at radius 1 is 1.41 bits per heavy atom. The molecule has 4 heteroatoms. The summed E-state index contributed by atoms with van der Waals surface area (Å²) in [5.74, 6) is 7.06. The molecule has 0 aliphatic heterocycles. The Kier molecular flexibility index (Phi) is 4.31. The van der Waals surface area contributed by atoms with Gasteiger partial charge in [0.1, 0.15) is 0 Å². The van der Waals surface area contributed by atoms with Crippen molar-refractivity contribution in [3.8, 4) is 0 Å². The van der Waals surface area contributed by atoms with Crippen molar-refractivity contribution in [3.63, 3.8) is 0 Å². The molecule has 3 N–H and O–H groups in total. The highest BCUT2D eigenvalue weighted by Gasteiger charge is 2.33. The molecule has 0 heterocycles. The van der Waals surface area contributed by atoms with Gasteiger partial charge in [0.25, 0.3) is 0 Å². The summed E-state index contributed by atoms with van der Waals surface area (Å²) in [5.41, 5.74) is 4.03. The average molecular weight is 273 g/mol. The lowest BCUT2D eigenvalue weighted by atomic mass is 9.92. The molecule has 2 unspecified atom stereocenters. The Labute approximate surface area is 112 Å². The molecule has 94 valence electrons. The lowest BCUT2D eigenvalue weighted by molar-refractivity contribution is 0.343. The van der Waals surface area contributed by atoms with Crippen molar-refractivity contribution in [2.24, 2.45) is 17.7 Å². The van der Waals surface area contributed by atoms with Crippen LogP contribution < -0.4 is 11.3 Å². The monoisotopic (exact) mass is 272 g/mol. The predicted octanol–water partition coefficient (Wildman–Crippen LogP) is 3.41. The molecule has 0 radical (unpaired) electrons. The van der Waals surface area contributed by atoms with Crippen LogP contribution in [-0.4, -0.2) is 6.04 Å². The summed E-state index contributed by atoms with van der Waals surface area (Å²) in [6, 6.07) is 5.92. The fraction of sp³-hybridized carbons (Fsp3) is 0.538. The molecule has 2 rings (SSSR count). The fourth-order valence-corrected chi connectivity index (χ4v) is 2.76. The van der Waals surface area contributed by atoms with Gasteiger partial charge >= 0.3 is 0 Å². The van der Waals surface area contributed by atoms with Crippen molar-refractivity contribution in [3.05, 3.63) is 33.8 Å². The molecule has 1 aromatic rings. The topological polar surface area (TPSA) is 38.0 Å². The zero-order valence-corrected chi connectivity index (χ0v) is 11.4. The highest BCUT2D eigenvalue weighted by Crippen LogP contribution is 2.39. The second kappa shape index (κ2) is 5.57. The van der Waals surface area contributed by atoms with Crippen LogP contribution in [0.25, 0.3) is 0 Å². The van der Waals surface area contributed by atoms with Gasteiger partial charge < -0.3 is 0 Å². The molecular weight excluding hydrogens is 255 g/mol. The normalized spacial score (nSPS) is 19.1. The molecule has 0 amide bonds. The van der Waals surface area contributed by atoms with Crippen LogP contribution in [0.1, 0.15) is 25.3 Å². The van der Waals surface area contributed by atoms with E-state index in [0.717, 1.165) is 22.9 Å². The van der Waals surface area contributed by atoms with Gasteiger partial charge in [0.2, 0.25) is 0 Å². The maximum atomic E-state index is 6.18. The summed E-state index contributed by atoms with van der Waals surface area (Å²) >= 11 is 12.1. The van der Waals surface area contributed by atoms with E-state index in [1.165, 1.54) is 12.8 Å². The smallest absolute Gasteiger partial charge is 0.0453 e. The SMILES string of the molecule is CC(C1CC1)C(Cc1ccc(Cl)cc1Cl)NN. The Balaban J connectivity index is 2.06. The number of hydrogen-bond donors (Lipinski definition) is 2. The molecule has 1 aromatic carbocycles. The number of hydrazine groups is 1. The molecule has 17 heavy (non-hydrogen) atoms. The minimum atomic E-state index is 0.279. The number of hydrogen-bond acceptors (Lipinski definition) is 2. The number of benzene rings is 1. The van der Waals surface area contributed by atoms with E-state index in [1.54, 1.807) is 6.07 Å². The first-order valence-electron chi connectivity index (χ1n) is 6.02. The minimum absolute atomic E-state index is 0.279. The van der Waals surface area contributed by atoms with Crippen molar-refractivity contribution < 1.29 is 0 Å². The van der Waals surface area contributed by atoms with Crippen LogP contribution >= 0.6 is 23.2 Å². The highest BCUT2D eigenvalue weighted by molar-refractivity contribution is 6.35. The number of nitrogens with two attached hydrogens (primary N) is 1. The van der Waals surface area contributed by atoms with Crippen molar-refractivity contribution >= 4 is 23.2 Å². The Bertz CT molecular complexity index is 391. The minimum Gasteiger partial charge on any atom is -0.271 e. The zero-order valence-electron chi connectivity index (χ0n) is 9.92. The summed E-state index contributed by atoms with van der Waals surface area (Å²) in [6.07, 6.45) is 3.51. The molecule has 2 atom stereocenters. The quantitative estimate of drug-likeness (QED) is 0.637. The molecular formula is C13H18Cl2N2. The van der Waals surface area contributed by atoms with E-state index in [2.05, 4.69) is 12.3 Å². The van der Waals surface area contributed by atoms with Crippen molar-refractivity contribution in [2.75, 3.05) is 0 Å². The van der Waals surface area contributed by atoms with Gasteiger partial charge in [-0.25, -0.2) is 0 Å². The van der Waals surface area contributed by atoms with Crippen LogP contribution in [0, 0.1) is 11.8 Å². The van der Waals surface area contributed by atoms with E-state index in [-0.39, 0.29) is 6.04 Å². The summed E-state index contributed by atoms with van der Waals surface area (Å²) in [5, 5.41) is 1.40. The van der Waals surface area contributed by atoms with Crippen LogP contribution in [-0.2, 0) is 6.42 Å². The standard InChI is InChI=1S/C13H18Cl2N2/c1-8(9-2-3-9)13(17-16)6-10-4-5-11(14)7-12(10)15/h4-5,7-9,13,17H,2-3,6,16H2,1H3. The van der Waals surface area contributed by atoms with E-state index in [1.807, 2.05) is 12.1 Å². The van der Waals surface area contributed by atoms with E-state index in [0.29, 0.717) is 10.9 Å². The summed E-state index contributed by atoms with van der Waals surface area (Å²) in [4.78, 5) is 0. The van der Waals surface area contributed by atoms with Crippen LogP contribution in [0.15, 0.2) is 18.2 Å². The van der Waals surface area contributed by atoms with Crippen LogP contribution in [0.4, 0.5) is 0 Å². The first-order valence-corrected chi connectivity index (χ1v) is 6.77. The summed E-state index contributed by atoms with van der Waals surface area (Å²) in [7, 11) is 0. The molecule has 0 saturated heterocycles. The van der Waals surface area contributed by atoms with Gasteiger partial charge in [0, 0.05) is 16.1 Å². The Hall–Kier alpha value is -0.280. The van der Waals surface area contributed by atoms with Crippen LogP contribution in [0.5, 0.6) is 0 Å². The molecule has 1 saturated carbocycles. The van der Waals surface area contributed by atoms with Gasteiger partial charge in [-0.15, -0.1) is 0 Å². The van der Waals surface area contributed by atoms with Gasteiger partial charge in [0.05, 0.1) is 0 Å². The number of halogens is 2. The van der Waals surface area contributed by atoms with Gasteiger partial charge in [0.15, 0.2) is 0 Å². The Morgan fingerprint density at radius 3 is 2.65 bits per heavy atom. The number of rotatable bonds is 5. The third-order valence-corrected chi connectivity index (χ3v) is 4.26. The molecule has 1 fully saturated rings. The maximum absolute atomic E-state index is 6.18. The molecule has 0 bridgehead atoms. The van der Waals surface area contributed by atoms with E-state index < -0.39 is 0 Å². The van der Waals surface area contributed by atoms with Crippen LogP contribution in [0.2, 0.25) is 10.0 Å². The molecule has 0 spiro atoms. The zero-order chi connectivity index (χ0) is 12.4. The van der Waals surface area contributed by atoms with Crippen molar-refractivity contribution in [1.82, 2.24) is 5.43 Å². The third-order valence-electron chi connectivity index (χ3n) is 3.67. The highest BCUT2D eigenvalue weighted by atomic mass is 35.5. The van der Waals surface area contributed by atoms with Crippen molar-refractivity contribution in [2.45, 2.75) is 32.2 Å². The van der Waals surface area contributed by atoms with E-state index in [4.69, 9.17) is 29.0 Å². The first-order chi connectivity index (χ1) is 8.11. The van der Waals surface area contributed by atoms with Crippen molar-refractivity contribution in [1.29, 1.82) is 0 Å². The molecule has 1 aliphatic carbocycles. The average Bonchev–Trinajstić information content (AvgIpc) is 3.11.